The van der Waals surface area contributed by atoms with Crippen molar-refractivity contribution in [1.29, 1.82) is 0 Å². The van der Waals surface area contributed by atoms with Gasteiger partial charge in [-0.25, -0.2) is 4.39 Å². The van der Waals surface area contributed by atoms with Crippen LogP contribution in [-0.2, 0) is 0 Å². The van der Waals surface area contributed by atoms with E-state index in [1.54, 1.807) is 11.8 Å². The monoisotopic (exact) mass is 262 g/mol. The van der Waals surface area contributed by atoms with Crippen LogP contribution in [0.4, 0.5) is 4.39 Å². The van der Waals surface area contributed by atoms with Crippen LogP contribution in [0.25, 0.3) is 0 Å². The Hall–Kier alpha value is -1.28. The van der Waals surface area contributed by atoms with E-state index in [0.717, 1.165) is 6.42 Å². The Morgan fingerprint density at radius 1 is 1.39 bits per heavy atom. The normalized spacial score (nSPS) is 17.2. The second-order valence-electron chi connectivity index (χ2n) is 3.99. The highest BCUT2D eigenvalue weighted by atomic mass is 32.2. The number of allylic oxidation sites excluding steroid dienone is 9. The summed E-state index contributed by atoms with van der Waals surface area (Å²) in [6.07, 6.45) is 17.5. The summed E-state index contributed by atoms with van der Waals surface area (Å²) < 4.78 is 12.7. The lowest BCUT2D eigenvalue weighted by Crippen LogP contribution is -1.86. The predicted octanol–water partition coefficient (Wildman–Crippen LogP) is 5.50. The summed E-state index contributed by atoms with van der Waals surface area (Å²) in [5.74, 6) is 0.654. The first-order valence-corrected chi connectivity index (χ1v) is 7.01. The van der Waals surface area contributed by atoms with Crippen molar-refractivity contribution in [2.45, 2.75) is 20.3 Å². The van der Waals surface area contributed by atoms with Crippen molar-refractivity contribution in [3.05, 3.63) is 71.0 Å². The molecule has 0 spiro atoms. The molecule has 0 heterocycles. The largest absolute Gasteiger partial charge is 0.215 e. The van der Waals surface area contributed by atoms with Crippen LogP contribution in [-0.4, -0.2) is 5.75 Å². The van der Waals surface area contributed by atoms with Gasteiger partial charge in [0.2, 0.25) is 0 Å². The van der Waals surface area contributed by atoms with Crippen molar-refractivity contribution in [3.8, 4) is 0 Å². The standard InChI is InChI=1S/C16H19FS/c1-3-4-6-10-15(12-17)13-18-16-11-8-5-7-9-14(16)2/h3-8,10-12H,9,13H2,1-2H3/b4-3-,10-6-,15-12-. The van der Waals surface area contributed by atoms with Crippen LogP contribution in [0, 0.1) is 0 Å². The molecule has 0 amide bonds. The van der Waals surface area contributed by atoms with E-state index in [2.05, 4.69) is 25.2 Å². The molecule has 0 saturated heterocycles. The van der Waals surface area contributed by atoms with Gasteiger partial charge >= 0.3 is 0 Å². The van der Waals surface area contributed by atoms with Crippen molar-refractivity contribution in [3.63, 3.8) is 0 Å². The average Bonchev–Trinajstić information content (AvgIpc) is 2.59. The summed E-state index contributed by atoms with van der Waals surface area (Å²) in [4.78, 5) is 1.23. The van der Waals surface area contributed by atoms with Gasteiger partial charge in [-0.3, -0.25) is 0 Å². The maximum atomic E-state index is 12.7. The van der Waals surface area contributed by atoms with E-state index in [-0.39, 0.29) is 0 Å². The maximum Gasteiger partial charge on any atom is 0.0907 e. The van der Waals surface area contributed by atoms with E-state index in [9.17, 15) is 4.39 Å². The summed E-state index contributed by atoms with van der Waals surface area (Å²) in [7, 11) is 0. The molecule has 0 atom stereocenters. The Morgan fingerprint density at radius 2 is 2.22 bits per heavy atom. The highest BCUT2D eigenvalue weighted by Gasteiger charge is 2.02. The minimum atomic E-state index is 0.654. The summed E-state index contributed by atoms with van der Waals surface area (Å²) in [6, 6.07) is 0. The van der Waals surface area contributed by atoms with Crippen LogP contribution in [0.2, 0.25) is 0 Å². The molecule has 1 aliphatic rings. The first-order chi connectivity index (χ1) is 8.77. The van der Waals surface area contributed by atoms with Crippen LogP contribution in [0.5, 0.6) is 0 Å². The Kier molecular flexibility index (Phi) is 7.19. The molecule has 0 fully saturated rings. The fraction of sp³-hybridized carbons (Fsp3) is 0.250. The van der Waals surface area contributed by atoms with E-state index >= 15 is 0 Å². The Labute approximate surface area is 113 Å². The van der Waals surface area contributed by atoms with Crippen LogP contribution in [0.15, 0.2) is 71.0 Å². The molecule has 0 aromatic heterocycles. The number of hydrogen-bond donors (Lipinski definition) is 0. The van der Waals surface area contributed by atoms with Crippen molar-refractivity contribution in [2.24, 2.45) is 0 Å². The second kappa shape index (κ2) is 8.76. The molecule has 1 aliphatic carbocycles. The molecule has 0 saturated carbocycles. The second-order valence-corrected chi connectivity index (χ2v) is 5.01. The van der Waals surface area contributed by atoms with Gasteiger partial charge in [0, 0.05) is 10.7 Å². The van der Waals surface area contributed by atoms with Crippen molar-refractivity contribution in [1.82, 2.24) is 0 Å². The number of halogens is 1. The van der Waals surface area contributed by atoms with Gasteiger partial charge in [-0.2, -0.15) is 0 Å². The maximum absolute atomic E-state index is 12.7. The first-order valence-electron chi connectivity index (χ1n) is 6.02. The minimum absolute atomic E-state index is 0.654. The fourth-order valence-corrected chi connectivity index (χ4v) is 2.43. The molecule has 0 radical (unpaired) electrons. The molecule has 0 N–H and O–H groups in total. The molecular weight excluding hydrogens is 243 g/mol. The minimum Gasteiger partial charge on any atom is -0.215 e. The molecule has 0 unspecified atom stereocenters. The van der Waals surface area contributed by atoms with Gasteiger partial charge in [-0.15, -0.1) is 11.8 Å². The topological polar surface area (TPSA) is 0 Å². The van der Waals surface area contributed by atoms with E-state index in [1.165, 1.54) is 10.5 Å². The molecule has 0 nitrogen and oxygen atoms in total. The van der Waals surface area contributed by atoms with Crippen molar-refractivity contribution in [2.75, 3.05) is 5.75 Å². The molecule has 18 heavy (non-hydrogen) atoms. The van der Waals surface area contributed by atoms with Gasteiger partial charge in [0.15, 0.2) is 0 Å². The predicted molar refractivity (Wildman–Crippen MR) is 81.2 cm³/mol. The molecule has 0 aliphatic heterocycles. The highest BCUT2D eigenvalue weighted by Crippen LogP contribution is 2.27. The zero-order valence-corrected chi connectivity index (χ0v) is 11.7. The zero-order chi connectivity index (χ0) is 13.2. The number of rotatable bonds is 5. The smallest absolute Gasteiger partial charge is 0.0907 e. The lowest BCUT2D eigenvalue weighted by molar-refractivity contribution is 0.714. The molecule has 0 aromatic rings. The van der Waals surface area contributed by atoms with E-state index in [4.69, 9.17) is 0 Å². The van der Waals surface area contributed by atoms with E-state index in [1.807, 2.05) is 37.3 Å². The summed E-state index contributed by atoms with van der Waals surface area (Å²) in [5, 5.41) is 0. The third kappa shape index (κ3) is 5.37. The van der Waals surface area contributed by atoms with Gasteiger partial charge < -0.3 is 0 Å². The zero-order valence-electron chi connectivity index (χ0n) is 10.9. The van der Waals surface area contributed by atoms with Gasteiger partial charge in [-0.1, -0.05) is 48.1 Å². The molecule has 2 heteroatoms. The molecule has 0 aromatic carbocycles. The number of hydrogen-bond acceptors (Lipinski definition) is 1. The quantitative estimate of drug-likeness (QED) is 0.590. The Morgan fingerprint density at radius 3 is 2.94 bits per heavy atom. The lowest BCUT2D eigenvalue weighted by Gasteiger charge is -2.06. The third-order valence-corrected chi connectivity index (χ3v) is 3.76. The lowest BCUT2D eigenvalue weighted by atomic mass is 10.2. The highest BCUT2D eigenvalue weighted by molar-refractivity contribution is 8.03. The van der Waals surface area contributed by atoms with Crippen LogP contribution in [0.3, 0.4) is 0 Å². The van der Waals surface area contributed by atoms with Gasteiger partial charge in [0.25, 0.3) is 0 Å². The molecule has 0 bridgehead atoms. The first kappa shape index (κ1) is 14.8. The van der Waals surface area contributed by atoms with Crippen molar-refractivity contribution >= 4 is 11.8 Å². The van der Waals surface area contributed by atoms with Crippen LogP contribution >= 0.6 is 11.8 Å². The van der Waals surface area contributed by atoms with Crippen molar-refractivity contribution < 1.29 is 4.39 Å². The van der Waals surface area contributed by atoms with Crippen LogP contribution < -0.4 is 0 Å². The summed E-state index contributed by atoms with van der Waals surface area (Å²) >= 11 is 1.68. The fourth-order valence-electron chi connectivity index (χ4n) is 1.45. The Bertz CT molecular complexity index is 434. The molecular formula is C16H19FS. The summed E-state index contributed by atoms with van der Waals surface area (Å²) in [5.41, 5.74) is 2.03. The van der Waals surface area contributed by atoms with Gasteiger partial charge in [0.1, 0.15) is 0 Å². The van der Waals surface area contributed by atoms with Gasteiger partial charge in [-0.05, 0) is 31.9 Å². The third-order valence-electron chi connectivity index (χ3n) is 2.49. The summed E-state index contributed by atoms with van der Waals surface area (Å²) in [6.45, 7) is 4.06. The van der Waals surface area contributed by atoms with Crippen LogP contribution in [0.1, 0.15) is 20.3 Å². The number of thioether (sulfide) groups is 1. The SMILES string of the molecule is C\C=C/C=C\C(=C\F)CSC1=C(C)CC=CC=C1. The molecule has 96 valence electrons. The van der Waals surface area contributed by atoms with Gasteiger partial charge in [0.05, 0.1) is 6.33 Å². The molecule has 1 rings (SSSR count). The Balaban J connectivity index is 2.58. The van der Waals surface area contributed by atoms with E-state index in [0.29, 0.717) is 17.7 Å². The van der Waals surface area contributed by atoms with E-state index < -0.39 is 0 Å². The average molecular weight is 262 g/mol.